The second-order valence-electron chi connectivity index (χ2n) is 5.66. The Labute approximate surface area is 165 Å². The molecule has 0 amide bonds. The summed E-state index contributed by atoms with van der Waals surface area (Å²) in [6, 6.07) is 5.03. The topological polar surface area (TPSA) is 72.2 Å². The van der Waals surface area contributed by atoms with Crippen molar-refractivity contribution in [2.24, 2.45) is 4.99 Å². The molecule has 0 aliphatic carbocycles. The van der Waals surface area contributed by atoms with Gasteiger partial charge in [-0.2, -0.15) is 8.78 Å². The molecule has 150 valence electrons. The first-order valence-electron chi connectivity index (χ1n) is 8.65. The Morgan fingerprint density at radius 2 is 2.14 bits per heavy atom. The molecule has 1 aromatic carbocycles. The van der Waals surface area contributed by atoms with Gasteiger partial charge in [0.1, 0.15) is 0 Å². The summed E-state index contributed by atoms with van der Waals surface area (Å²) in [5.41, 5.74) is 1.41. The summed E-state index contributed by atoms with van der Waals surface area (Å²) in [5.74, 6) is 0.820. The van der Waals surface area contributed by atoms with Crippen LogP contribution in [-0.4, -0.2) is 35.6 Å². The zero-order chi connectivity index (χ0) is 19.9. The molecule has 0 saturated carbocycles. The van der Waals surface area contributed by atoms with Crippen LogP contribution < -0.4 is 20.1 Å². The Kier molecular flexibility index (Phi) is 6.64. The Morgan fingerprint density at radius 3 is 2.86 bits per heavy atom. The van der Waals surface area contributed by atoms with E-state index in [2.05, 4.69) is 25.3 Å². The first kappa shape index (κ1) is 19.9. The van der Waals surface area contributed by atoms with Crippen LogP contribution in [0.5, 0.6) is 11.5 Å². The van der Waals surface area contributed by atoms with Crippen molar-refractivity contribution < 1.29 is 18.3 Å². The van der Waals surface area contributed by atoms with Gasteiger partial charge in [0.05, 0.1) is 18.8 Å². The van der Waals surface area contributed by atoms with Gasteiger partial charge in [-0.05, 0) is 13.0 Å². The fraction of sp³-hybridized carbons (Fsp3) is 0.333. The largest absolute Gasteiger partial charge is 0.490 e. The summed E-state index contributed by atoms with van der Waals surface area (Å²) >= 11 is 1.56. The third-order valence-corrected chi connectivity index (χ3v) is 4.59. The molecular formula is C18H21F2N5O2S. The molecule has 0 aliphatic heterocycles. The first-order valence-corrected chi connectivity index (χ1v) is 9.53. The number of hydrogen-bond donors (Lipinski definition) is 2. The van der Waals surface area contributed by atoms with Crippen LogP contribution in [0.3, 0.4) is 0 Å². The van der Waals surface area contributed by atoms with Crippen molar-refractivity contribution in [2.75, 3.05) is 13.7 Å². The predicted molar refractivity (Wildman–Crippen MR) is 104 cm³/mol. The highest BCUT2D eigenvalue weighted by Gasteiger charge is 2.16. The van der Waals surface area contributed by atoms with Crippen molar-refractivity contribution in [3.05, 3.63) is 47.2 Å². The van der Waals surface area contributed by atoms with E-state index in [0.29, 0.717) is 24.7 Å². The number of benzene rings is 1. The highest BCUT2D eigenvalue weighted by Crippen LogP contribution is 2.32. The maximum absolute atomic E-state index is 12.8. The summed E-state index contributed by atoms with van der Waals surface area (Å²) in [5, 5.41) is 8.21. The molecule has 0 aliphatic rings. The van der Waals surface area contributed by atoms with Gasteiger partial charge in [0.25, 0.3) is 0 Å². The number of aliphatic imine (C=N–C) groups is 1. The minimum Gasteiger partial charge on any atom is -0.490 e. The monoisotopic (exact) mass is 409 g/mol. The number of guanidine groups is 1. The van der Waals surface area contributed by atoms with Crippen molar-refractivity contribution in [1.82, 2.24) is 20.0 Å². The van der Waals surface area contributed by atoms with Gasteiger partial charge in [0.2, 0.25) is 0 Å². The molecule has 3 rings (SSSR count). The standard InChI is InChI=1S/C18H21F2N5O2S/c1-3-26-14-6-4-5-12(15(14)27-16(19)20)9-22-17(21-2)23-10-13-11-25-7-8-28-18(25)24-13/h4-8,11,16H,3,9-10H2,1-2H3,(H2,21,22,23). The van der Waals surface area contributed by atoms with E-state index in [1.165, 1.54) is 0 Å². The second-order valence-corrected chi connectivity index (χ2v) is 6.53. The molecular weight excluding hydrogens is 388 g/mol. The predicted octanol–water partition coefficient (Wildman–Crippen LogP) is 3.26. The van der Waals surface area contributed by atoms with E-state index >= 15 is 0 Å². The number of alkyl halides is 2. The van der Waals surface area contributed by atoms with Crippen LogP contribution in [0.2, 0.25) is 0 Å². The van der Waals surface area contributed by atoms with Gasteiger partial charge in [0.15, 0.2) is 22.4 Å². The van der Waals surface area contributed by atoms with Crippen LogP contribution in [0.15, 0.2) is 41.0 Å². The molecule has 0 bridgehead atoms. The number of aromatic nitrogens is 2. The number of hydrogen-bond acceptors (Lipinski definition) is 5. The molecule has 2 heterocycles. The van der Waals surface area contributed by atoms with E-state index in [0.717, 1.165) is 10.7 Å². The number of thiazole rings is 1. The Balaban J connectivity index is 1.63. The molecule has 0 radical (unpaired) electrons. The fourth-order valence-corrected chi connectivity index (χ4v) is 3.35. The number of nitrogens with zero attached hydrogens (tertiary/aromatic N) is 3. The SMILES string of the molecule is CCOc1cccc(CNC(=NC)NCc2cn3ccsc3n2)c1OC(F)F. The van der Waals surface area contributed by atoms with Crippen LogP contribution in [0.4, 0.5) is 8.78 Å². The third kappa shape index (κ3) is 4.89. The van der Waals surface area contributed by atoms with Gasteiger partial charge in [-0.15, -0.1) is 11.3 Å². The number of para-hydroxylation sites is 1. The fourth-order valence-electron chi connectivity index (χ4n) is 2.63. The van der Waals surface area contributed by atoms with Crippen LogP contribution >= 0.6 is 11.3 Å². The van der Waals surface area contributed by atoms with E-state index in [4.69, 9.17) is 4.74 Å². The van der Waals surface area contributed by atoms with E-state index in [-0.39, 0.29) is 18.0 Å². The maximum atomic E-state index is 12.8. The number of nitrogens with one attached hydrogen (secondary N) is 2. The quantitative estimate of drug-likeness (QED) is 0.441. The van der Waals surface area contributed by atoms with Gasteiger partial charge < -0.3 is 20.1 Å². The number of rotatable bonds is 8. The molecule has 0 saturated heterocycles. The lowest BCUT2D eigenvalue weighted by atomic mass is 10.2. The summed E-state index contributed by atoms with van der Waals surface area (Å²) in [4.78, 5) is 9.56. The lowest BCUT2D eigenvalue weighted by Crippen LogP contribution is -2.36. The molecule has 3 aromatic rings. The van der Waals surface area contributed by atoms with E-state index in [9.17, 15) is 8.78 Å². The highest BCUT2D eigenvalue weighted by atomic mass is 32.1. The molecule has 0 spiro atoms. The summed E-state index contributed by atoms with van der Waals surface area (Å²) in [7, 11) is 1.63. The van der Waals surface area contributed by atoms with E-state index < -0.39 is 6.61 Å². The molecule has 0 fully saturated rings. The van der Waals surface area contributed by atoms with Crippen molar-refractivity contribution in [1.29, 1.82) is 0 Å². The van der Waals surface area contributed by atoms with E-state index in [1.807, 2.05) is 22.2 Å². The molecule has 0 atom stereocenters. The molecule has 28 heavy (non-hydrogen) atoms. The summed E-state index contributed by atoms with van der Waals surface area (Å²) < 4.78 is 37.7. The third-order valence-electron chi connectivity index (χ3n) is 3.82. The lowest BCUT2D eigenvalue weighted by molar-refractivity contribution is -0.0520. The Bertz CT molecular complexity index is 913. The molecule has 10 heteroatoms. The number of ether oxygens (including phenoxy) is 2. The average molecular weight is 409 g/mol. The molecule has 0 unspecified atom stereocenters. The summed E-state index contributed by atoms with van der Waals surface area (Å²) in [6.07, 6.45) is 3.88. The zero-order valence-corrected chi connectivity index (χ0v) is 16.3. The normalized spacial score (nSPS) is 11.8. The van der Waals surface area contributed by atoms with Crippen molar-refractivity contribution in [3.8, 4) is 11.5 Å². The van der Waals surface area contributed by atoms with Crippen LogP contribution in [-0.2, 0) is 13.1 Å². The van der Waals surface area contributed by atoms with E-state index in [1.54, 1.807) is 43.5 Å². The minimum absolute atomic E-state index is 0.0247. The van der Waals surface area contributed by atoms with Gasteiger partial charge in [-0.25, -0.2) is 4.98 Å². The van der Waals surface area contributed by atoms with Gasteiger partial charge in [-0.1, -0.05) is 12.1 Å². The van der Waals surface area contributed by atoms with Crippen LogP contribution in [0, 0.1) is 0 Å². The molecule has 7 nitrogen and oxygen atoms in total. The smallest absolute Gasteiger partial charge is 0.387 e. The van der Waals surface area contributed by atoms with Crippen LogP contribution in [0.25, 0.3) is 4.96 Å². The lowest BCUT2D eigenvalue weighted by Gasteiger charge is -2.17. The highest BCUT2D eigenvalue weighted by molar-refractivity contribution is 7.15. The molecule has 2 N–H and O–H groups in total. The van der Waals surface area contributed by atoms with Crippen molar-refractivity contribution >= 4 is 22.3 Å². The van der Waals surface area contributed by atoms with Crippen molar-refractivity contribution in [3.63, 3.8) is 0 Å². The average Bonchev–Trinajstić information content (AvgIpc) is 3.25. The Hall–Kier alpha value is -2.88. The summed E-state index contributed by atoms with van der Waals surface area (Å²) in [6.45, 7) is -0.0911. The first-order chi connectivity index (χ1) is 13.6. The second kappa shape index (κ2) is 9.36. The number of imidazole rings is 1. The number of fused-ring (bicyclic) bond motifs is 1. The van der Waals surface area contributed by atoms with Gasteiger partial charge >= 0.3 is 6.61 Å². The molecule has 2 aromatic heterocycles. The van der Waals surface area contributed by atoms with Gasteiger partial charge in [-0.3, -0.25) is 9.39 Å². The Morgan fingerprint density at radius 1 is 1.32 bits per heavy atom. The van der Waals surface area contributed by atoms with Crippen molar-refractivity contribution in [2.45, 2.75) is 26.6 Å². The maximum Gasteiger partial charge on any atom is 0.387 e. The van der Waals surface area contributed by atoms with Crippen LogP contribution in [0.1, 0.15) is 18.2 Å². The minimum atomic E-state index is -2.94. The van der Waals surface area contributed by atoms with Gasteiger partial charge in [0, 0.05) is 36.9 Å². The zero-order valence-electron chi connectivity index (χ0n) is 15.5. The number of halogens is 2.